The Morgan fingerprint density at radius 3 is 2.68 bits per heavy atom. The van der Waals surface area contributed by atoms with Crippen LogP contribution in [0.25, 0.3) is 0 Å². The lowest BCUT2D eigenvalue weighted by atomic mass is 10.1. The number of hydrogen-bond acceptors (Lipinski definition) is 5. The van der Waals surface area contributed by atoms with Crippen molar-refractivity contribution in [2.24, 2.45) is 11.8 Å². The third-order valence-electron chi connectivity index (χ3n) is 3.76. The highest BCUT2D eigenvalue weighted by Crippen LogP contribution is 2.39. The van der Waals surface area contributed by atoms with Crippen molar-refractivity contribution in [2.75, 3.05) is 23.4 Å². The first-order valence-corrected chi connectivity index (χ1v) is 7.28. The van der Waals surface area contributed by atoms with Crippen LogP contribution in [0.3, 0.4) is 0 Å². The molecule has 3 N–H and O–H groups in total. The molecule has 1 aromatic rings. The summed E-state index contributed by atoms with van der Waals surface area (Å²) in [6.07, 6.45) is 3.58. The van der Waals surface area contributed by atoms with Gasteiger partial charge >= 0.3 is 0 Å². The normalized spacial score (nSPS) is 16.2. The molecule has 5 heteroatoms. The van der Waals surface area contributed by atoms with Crippen molar-refractivity contribution in [1.82, 2.24) is 9.97 Å². The van der Waals surface area contributed by atoms with Crippen molar-refractivity contribution in [3.05, 3.63) is 11.9 Å². The summed E-state index contributed by atoms with van der Waals surface area (Å²) in [6, 6.07) is 1.94. The summed E-state index contributed by atoms with van der Waals surface area (Å²) in [5.41, 5.74) is 2.66. The lowest BCUT2D eigenvalue weighted by molar-refractivity contribution is 0.545. The van der Waals surface area contributed by atoms with E-state index in [0.717, 1.165) is 30.5 Å². The van der Waals surface area contributed by atoms with Gasteiger partial charge in [0.15, 0.2) is 0 Å². The number of nitrogen functional groups attached to an aromatic ring is 1. The van der Waals surface area contributed by atoms with Crippen LogP contribution < -0.4 is 16.2 Å². The predicted molar refractivity (Wildman–Crippen MR) is 79.2 cm³/mol. The molecule has 1 aromatic heterocycles. The highest BCUT2D eigenvalue weighted by Gasteiger charge is 2.28. The Morgan fingerprint density at radius 1 is 1.42 bits per heavy atom. The van der Waals surface area contributed by atoms with Gasteiger partial charge in [-0.05, 0) is 25.7 Å². The molecule has 0 amide bonds. The van der Waals surface area contributed by atoms with E-state index in [1.165, 1.54) is 19.3 Å². The second kappa shape index (κ2) is 6.19. The van der Waals surface area contributed by atoms with E-state index >= 15 is 0 Å². The summed E-state index contributed by atoms with van der Waals surface area (Å²) >= 11 is 0. The van der Waals surface area contributed by atoms with Gasteiger partial charge in [-0.25, -0.2) is 15.8 Å². The number of aromatic nitrogens is 2. The van der Waals surface area contributed by atoms with Crippen LogP contribution in [-0.4, -0.2) is 23.1 Å². The molecule has 1 aliphatic rings. The lowest BCUT2D eigenvalue weighted by Gasteiger charge is -2.25. The van der Waals surface area contributed by atoms with Gasteiger partial charge in [0.1, 0.15) is 17.5 Å². The van der Waals surface area contributed by atoms with Gasteiger partial charge in [-0.2, -0.15) is 0 Å². The minimum Gasteiger partial charge on any atom is -0.356 e. The maximum atomic E-state index is 5.52. The van der Waals surface area contributed by atoms with E-state index in [1.807, 2.05) is 6.07 Å². The molecular weight excluding hydrogens is 238 g/mol. The van der Waals surface area contributed by atoms with Crippen LogP contribution >= 0.6 is 0 Å². The fourth-order valence-corrected chi connectivity index (χ4v) is 2.10. The van der Waals surface area contributed by atoms with Crippen LogP contribution in [0.1, 0.15) is 51.8 Å². The molecule has 1 unspecified atom stereocenters. The summed E-state index contributed by atoms with van der Waals surface area (Å²) in [4.78, 5) is 11.5. The lowest BCUT2D eigenvalue weighted by Crippen LogP contribution is -2.29. The van der Waals surface area contributed by atoms with Crippen LogP contribution in [0, 0.1) is 5.92 Å². The van der Waals surface area contributed by atoms with Gasteiger partial charge < -0.3 is 10.3 Å². The second-order valence-electron chi connectivity index (χ2n) is 5.44. The molecular formula is C14H25N5. The largest absolute Gasteiger partial charge is 0.356 e. The van der Waals surface area contributed by atoms with Crippen LogP contribution in [-0.2, 0) is 0 Å². The standard InChI is InChI=1S/C14H25N5/c1-4-10(3)9-19(5-2)13-8-12(18-15)16-14(17-13)11-6-7-11/h8,10-11H,4-7,9,15H2,1-3H3,(H,16,17,18). The number of rotatable bonds is 7. The number of hydrazine groups is 1. The zero-order valence-corrected chi connectivity index (χ0v) is 12.2. The van der Waals surface area contributed by atoms with E-state index in [4.69, 9.17) is 10.8 Å². The maximum Gasteiger partial charge on any atom is 0.145 e. The van der Waals surface area contributed by atoms with Gasteiger partial charge in [0.25, 0.3) is 0 Å². The Kier molecular flexibility index (Phi) is 4.58. The molecule has 1 heterocycles. The molecule has 1 atom stereocenters. The minimum atomic E-state index is 0.536. The first-order valence-electron chi connectivity index (χ1n) is 7.28. The molecule has 0 aromatic carbocycles. The summed E-state index contributed by atoms with van der Waals surface area (Å²) < 4.78 is 0. The van der Waals surface area contributed by atoms with Gasteiger partial charge in [0.05, 0.1) is 0 Å². The molecule has 0 bridgehead atoms. The summed E-state index contributed by atoms with van der Waals surface area (Å²) in [7, 11) is 0. The molecule has 2 rings (SSSR count). The predicted octanol–water partition coefficient (Wildman–Crippen LogP) is 2.51. The van der Waals surface area contributed by atoms with E-state index in [9.17, 15) is 0 Å². The molecule has 5 nitrogen and oxygen atoms in total. The number of nitrogens with one attached hydrogen (secondary N) is 1. The average Bonchev–Trinajstić information content (AvgIpc) is 3.28. The van der Waals surface area contributed by atoms with E-state index in [-0.39, 0.29) is 0 Å². The fraction of sp³-hybridized carbons (Fsp3) is 0.714. The Hall–Kier alpha value is -1.36. The monoisotopic (exact) mass is 263 g/mol. The third kappa shape index (κ3) is 3.56. The van der Waals surface area contributed by atoms with Crippen LogP contribution in [0.4, 0.5) is 11.6 Å². The Labute approximate surface area is 115 Å². The quantitative estimate of drug-likeness (QED) is 0.584. The van der Waals surface area contributed by atoms with Crippen LogP contribution in [0.15, 0.2) is 6.07 Å². The van der Waals surface area contributed by atoms with Crippen molar-refractivity contribution in [2.45, 2.75) is 46.0 Å². The molecule has 1 fully saturated rings. The zero-order valence-electron chi connectivity index (χ0n) is 12.2. The van der Waals surface area contributed by atoms with Crippen molar-refractivity contribution in [1.29, 1.82) is 0 Å². The van der Waals surface area contributed by atoms with Crippen molar-refractivity contribution in [3.8, 4) is 0 Å². The van der Waals surface area contributed by atoms with Gasteiger partial charge in [-0.1, -0.05) is 20.3 Å². The third-order valence-corrected chi connectivity index (χ3v) is 3.76. The first-order chi connectivity index (χ1) is 9.17. The molecule has 0 aliphatic heterocycles. The molecule has 19 heavy (non-hydrogen) atoms. The molecule has 1 aliphatic carbocycles. The van der Waals surface area contributed by atoms with Crippen LogP contribution in [0.5, 0.6) is 0 Å². The highest BCUT2D eigenvalue weighted by atomic mass is 15.3. The number of hydrogen-bond donors (Lipinski definition) is 2. The van der Waals surface area contributed by atoms with Gasteiger partial charge in [0.2, 0.25) is 0 Å². The molecule has 106 valence electrons. The maximum absolute atomic E-state index is 5.52. The minimum absolute atomic E-state index is 0.536. The second-order valence-corrected chi connectivity index (χ2v) is 5.44. The topological polar surface area (TPSA) is 67.1 Å². The van der Waals surface area contributed by atoms with Gasteiger partial charge in [0, 0.05) is 25.1 Å². The molecule has 0 spiro atoms. The zero-order chi connectivity index (χ0) is 13.8. The summed E-state index contributed by atoms with van der Waals surface area (Å²) in [5.74, 6) is 9.36. The van der Waals surface area contributed by atoms with Gasteiger partial charge in [-0.15, -0.1) is 0 Å². The number of anilines is 2. The molecule has 0 saturated heterocycles. The SMILES string of the molecule is CCC(C)CN(CC)c1cc(NN)nc(C2CC2)n1. The highest BCUT2D eigenvalue weighted by molar-refractivity contribution is 5.49. The Balaban J connectivity index is 2.22. The first kappa shape index (κ1) is 14.1. The van der Waals surface area contributed by atoms with E-state index < -0.39 is 0 Å². The molecule has 1 saturated carbocycles. The molecule has 0 radical (unpaired) electrons. The van der Waals surface area contributed by atoms with E-state index in [2.05, 4.69) is 36.1 Å². The van der Waals surface area contributed by atoms with Crippen molar-refractivity contribution >= 4 is 11.6 Å². The average molecular weight is 263 g/mol. The van der Waals surface area contributed by atoms with E-state index in [0.29, 0.717) is 11.8 Å². The summed E-state index contributed by atoms with van der Waals surface area (Å²) in [5, 5.41) is 0. The summed E-state index contributed by atoms with van der Waals surface area (Å²) in [6.45, 7) is 8.64. The van der Waals surface area contributed by atoms with Crippen molar-refractivity contribution < 1.29 is 0 Å². The fourth-order valence-electron chi connectivity index (χ4n) is 2.10. The van der Waals surface area contributed by atoms with E-state index in [1.54, 1.807) is 0 Å². The number of nitrogens with two attached hydrogens (primary N) is 1. The smallest absolute Gasteiger partial charge is 0.145 e. The van der Waals surface area contributed by atoms with Crippen molar-refractivity contribution in [3.63, 3.8) is 0 Å². The Morgan fingerprint density at radius 2 is 2.16 bits per heavy atom. The number of nitrogens with zero attached hydrogens (tertiary/aromatic N) is 3. The van der Waals surface area contributed by atoms with Crippen LogP contribution in [0.2, 0.25) is 0 Å². The Bertz CT molecular complexity index is 416. The van der Waals surface area contributed by atoms with Gasteiger partial charge in [-0.3, -0.25) is 0 Å².